The lowest BCUT2D eigenvalue weighted by molar-refractivity contribution is -0.0369. The summed E-state index contributed by atoms with van der Waals surface area (Å²) < 4.78 is 11.4. The molecule has 1 saturated heterocycles. The van der Waals surface area contributed by atoms with E-state index in [1.165, 1.54) is 12.0 Å². The Balaban J connectivity index is 1.62. The lowest BCUT2D eigenvalue weighted by Gasteiger charge is -2.30. The largest absolute Gasteiger partial charge is 0.396 e. The molecule has 1 N–H and O–H groups in total. The van der Waals surface area contributed by atoms with Crippen molar-refractivity contribution in [2.45, 2.75) is 38.4 Å². The highest BCUT2D eigenvalue weighted by Gasteiger charge is 2.24. The second-order valence-electron chi connectivity index (χ2n) is 5.53. The molecule has 2 atom stereocenters. The van der Waals surface area contributed by atoms with Gasteiger partial charge in [-0.25, -0.2) is 0 Å². The number of aliphatic hydroxyl groups is 1. The fourth-order valence-electron chi connectivity index (χ4n) is 2.78. The van der Waals surface area contributed by atoms with Crippen molar-refractivity contribution < 1.29 is 14.6 Å². The van der Waals surface area contributed by atoms with E-state index in [-0.39, 0.29) is 12.7 Å². The van der Waals surface area contributed by atoms with Crippen molar-refractivity contribution >= 4 is 0 Å². The number of ether oxygens (including phenoxy) is 2. The summed E-state index contributed by atoms with van der Waals surface area (Å²) >= 11 is 0. The molecular weight excluding hydrogens is 264 g/mol. The van der Waals surface area contributed by atoms with Crippen molar-refractivity contribution in [1.82, 2.24) is 0 Å². The number of allylic oxidation sites excluding steroid dienone is 1. The van der Waals surface area contributed by atoms with E-state index < -0.39 is 0 Å². The molecular formula is C18H26O3. The van der Waals surface area contributed by atoms with Crippen LogP contribution in [0.1, 0.15) is 31.2 Å². The molecule has 1 aliphatic heterocycles. The van der Waals surface area contributed by atoms with Gasteiger partial charge in [-0.2, -0.15) is 0 Å². The molecule has 1 heterocycles. The minimum absolute atomic E-state index is 0.213. The average molecular weight is 290 g/mol. The third-order valence-electron chi connectivity index (χ3n) is 3.92. The topological polar surface area (TPSA) is 38.7 Å². The number of rotatable bonds is 8. The maximum Gasteiger partial charge on any atom is 0.0721 e. The van der Waals surface area contributed by atoms with Crippen LogP contribution in [0, 0.1) is 5.92 Å². The molecule has 116 valence electrons. The van der Waals surface area contributed by atoms with Crippen molar-refractivity contribution in [3.8, 4) is 0 Å². The van der Waals surface area contributed by atoms with Gasteiger partial charge in [0.05, 0.1) is 19.3 Å². The zero-order chi connectivity index (χ0) is 14.8. The van der Waals surface area contributed by atoms with Crippen molar-refractivity contribution in [1.29, 1.82) is 0 Å². The third-order valence-corrected chi connectivity index (χ3v) is 3.92. The number of hydrogen-bond donors (Lipinski definition) is 1. The highest BCUT2D eigenvalue weighted by atomic mass is 16.5. The predicted octanol–water partition coefficient (Wildman–Crippen LogP) is 3.33. The summed E-state index contributed by atoms with van der Waals surface area (Å²) in [6.45, 7) is 2.36. The molecule has 21 heavy (non-hydrogen) atoms. The molecule has 1 aliphatic rings. The van der Waals surface area contributed by atoms with Crippen LogP contribution in [0.4, 0.5) is 0 Å². The predicted molar refractivity (Wildman–Crippen MR) is 84.0 cm³/mol. The summed E-state index contributed by atoms with van der Waals surface area (Å²) in [6, 6.07) is 10.2. The van der Waals surface area contributed by atoms with Crippen LogP contribution in [0.25, 0.3) is 0 Å². The first-order valence-corrected chi connectivity index (χ1v) is 7.89. The average Bonchev–Trinajstić information content (AvgIpc) is 2.53. The molecule has 0 saturated carbocycles. The summed E-state index contributed by atoms with van der Waals surface area (Å²) in [6.07, 6.45) is 8.59. The minimum Gasteiger partial charge on any atom is -0.396 e. The van der Waals surface area contributed by atoms with Crippen LogP contribution in [0.15, 0.2) is 42.5 Å². The lowest BCUT2D eigenvalue weighted by Crippen LogP contribution is -2.30. The maximum atomic E-state index is 9.07. The first-order valence-electron chi connectivity index (χ1n) is 7.89. The number of hydrogen-bond acceptors (Lipinski definition) is 3. The molecule has 1 aromatic rings. The highest BCUT2D eigenvalue weighted by Crippen LogP contribution is 2.26. The maximum absolute atomic E-state index is 9.07. The Morgan fingerprint density at radius 3 is 2.90 bits per heavy atom. The van der Waals surface area contributed by atoms with Gasteiger partial charge in [0.2, 0.25) is 0 Å². The Morgan fingerprint density at radius 2 is 2.10 bits per heavy atom. The summed E-state index contributed by atoms with van der Waals surface area (Å²) in [5.74, 6) is 0.538. The van der Waals surface area contributed by atoms with Crippen LogP contribution in [0.3, 0.4) is 0 Å². The minimum atomic E-state index is 0.213. The molecule has 3 nitrogen and oxygen atoms in total. The van der Waals surface area contributed by atoms with Gasteiger partial charge in [0.15, 0.2) is 0 Å². The summed E-state index contributed by atoms with van der Waals surface area (Å²) in [5, 5.41) is 9.07. The zero-order valence-corrected chi connectivity index (χ0v) is 12.6. The van der Waals surface area contributed by atoms with Crippen LogP contribution in [0.2, 0.25) is 0 Å². The lowest BCUT2D eigenvalue weighted by atomic mass is 9.89. The molecule has 2 rings (SSSR count). The van der Waals surface area contributed by atoms with Crippen molar-refractivity contribution in [2.75, 3.05) is 19.8 Å². The summed E-state index contributed by atoms with van der Waals surface area (Å²) in [5.41, 5.74) is 1.20. The second-order valence-corrected chi connectivity index (χ2v) is 5.53. The normalized spacial score (nSPS) is 22.7. The molecule has 0 bridgehead atoms. The molecule has 0 amide bonds. The van der Waals surface area contributed by atoms with Gasteiger partial charge in [-0.15, -0.1) is 0 Å². The number of aliphatic hydroxyl groups excluding tert-OH is 1. The Morgan fingerprint density at radius 1 is 1.24 bits per heavy atom. The fourth-order valence-corrected chi connectivity index (χ4v) is 2.78. The Kier molecular flexibility index (Phi) is 7.50. The summed E-state index contributed by atoms with van der Waals surface area (Å²) in [4.78, 5) is 0. The van der Waals surface area contributed by atoms with E-state index in [1.54, 1.807) is 0 Å². The van der Waals surface area contributed by atoms with E-state index in [1.807, 2.05) is 18.2 Å². The fraction of sp³-hybridized carbons (Fsp3) is 0.556. The Hall–Kier alpha value is -1.16. The summed E-state index contributed by atoms with van der Waals surface area (Å²) in [7, 11) is 0. The van der Waals surface area contributed by atoms with Gasteiger partial charge in [-0.3, -0.25) is 0 Å². The van der Waals surface area contributed by atoms with Crippen molar-refractivity contribution in [2.24, 2.45) is 5.92 Å². The van der Waals surface area contributed by atoms with Crippen LogP contribution in [-0.4, -0.2) is 31.0 Å². The molecule has 0 aromatic heterocycles. The molecule has 1 fully saturated rings. The Labute approximate surface area is 127 Å². The van der Waals surface area contributed by atoms with Gasteiger partial charge in [0.25, 0.3) is 0 Å². The molecule has 3 heteroatoms. The molecule has 0 aliphatic carbocycles. The molecule has 0 unspecified atom stereocenters. The van der Waals surface area contributed by atoms with Crippen molar-refractivity contribution in [3.05, 3.63) is 48.0 Å². The third kappa shape index (κ3) is 6.00. The molecule has 0 spiro atoms. The first kappa shape index (κ1) is 16.2. The second kappa shape index (κ2) is 9.72. The monoisotopic (exact) mass is 290 g/mol. The van der Waals surface area contributed by atoms with E-state index >= 15 is 0 Å². The van der Waals surface area contributed by atoms with Crippen LogP contribution >= 0.6 is 0 Å². The standard InChI is InChI=1S/C18H26O3/c19-12-11-18-17(10-6-14-21-18)9-4-5-13-20-15-16-7-2-1-3-8-16/h1-5,7-8,17-19H,6,9-15H2/b5-4-/t17-,18-/m0/s1. The van der Waals surface area contributed by atoms with Crippen molar-refractivity contribution in [3.63, 3.8) is 0 Å². The number of benzene rings is 1. The van der Waals surface area contributed by atoms with Crippen LogP contribution in [0.5, 0.6) is 0 Å². The Bertz CT molecular complexity index is 400. The highest BCUT2D eigenvalue weighted by molar-refractivity contribution is 5.13. The zero-order valence-electron chi connectivity index (χ0n) is 12.6. The van der Waals surface area contributed by atoms with Gasteiger partial charge in [0.1, 0.15) is 0 Å². The molecule has 1 aromatic carbocycles. The van der Waals surface area contributed by atoms with Crippen LogP contribution < -0.4 is 0 Å². The van der Waals surface area contributed by atoms with E-state index in [0.717, 1.165) is 25.9 Å². The van der Waals surface area contributed by atoms with E-state index in [9.17, 15) is 0 Å². The van der Waals surface area contributed by atoms with Gasteiger partial charge in [-0.1, -0.05) is 42.5 Å². The van der Waals surface area contributed by atoms with E-state index in [2.05, 4.69) is 24.3 Å². The van der Waals surface area contributed by atoms with Gasteiger partial charge in [-0.05, 0) is 37.2 Å². The van der Waals surface area contributed by atoms with Gasteiger partial charge >= 0.3 is 0 Å². The van der Waals surface area contributed by atoms with Crippen LogP contribution in [-0.2, 0) is 16.1 Å². The smallest absolute Gasteiger partial charge is 0.0721 e. The quantitative estimate of drug-likeness (QED) is 0.589. The van der Waals surface area contributed by atoms with E-state index in [4.69, 9.17) is 14.6 Å². The molecule has 0 radical (unpaired) electrons. The first-order chi connectivity index (χ1) is 10.4. The van der Waals surface area contributed by atoms with E-state index in [0.29, 0.717) is 19.1 Å². The SMILES string of the molecule is OCC[C@@H]1OCCC[C@@H]1C/C=C\COCc1ccccc1. The van der Waals surface area contributed by atoms with Gasteiger partial charge < -0.3 is 14.6 Å². The van der Waals surface area contributed by atoms with Gasteiger partial charge in [0, 0.05) is 13.2 Å².